The van der Waals surface area contributed by atoms with E-state index in [1.54, 1.807) is 11.3 Å². The van der Waals surface area contributed by atoms with Gasteiger partial charge < -0.3 is 15.4 Å². The van der Waals surface area contributed by atoms with Gasteiger partial charge in [0.15, 0.2) is 5.96 Å². The summed E-state index contributed by atoms with van der Waals surface area (Å²) < 4.78 is 6.14. The summed E-state index contributed by atoms with van der Waals surface area (Å²) in [5, 5.41) is 8.13. The van der Waals surface area contributed by atoms with Crippen LogP contribution < -0.4 is 10.6 Å². The summed E-state index contributed by atoms with van der Waals surface area (Å²) in [6, 6.07) is 8.74. The molecule has 2 N–H and O–H groups in total. The Balaban J connectivity index is 1.50. The standard InChI is InChI=1S/C23H34N4OS/c1-5-20-17(3)29-21(27-20)12-13-25-23(24-4)26-15-19-7-6-14-28-22(19)18-10-8-16(2)9-11-18/h8-11,19,22H,5-7,12-15H2,1-4H3,(H2,24,25,26). The lowest BCUT2D eigenvalue weighted by atomic mass is 9.89. The van der Waals surface area contributed by atoms with Gasteiger partial charge >= 0.3 is 0 Å². The largest absolute Gasteiger partial charge is 0.373 e. The zero-order valence-electron chi connectivity index (χ0n) is 18.1. The van der Waals surface area contributed by atoms with Crippen LogP contribution in [0.4, 0.5) is 0 Å². The number of nitrogens with one attached hydrogen (secondary N) is 2. The molecule has 0 bridgehead atoms. The van der Waals surface area contributed by atoms with Gasteiger partial charge in [0.25, 0.3) is 0 Å². The van der Waals surface area contributed by atoms with E-state index in [4.69, 9.17) is 9.72 Å². The minimum absolute atomic E-state index is 0.153. The normalized spacial score (nSPS) is 19.9. The quantitative estimate of drug-likeness (QED) is 0.527. The Labute approximate surface area is 179 Å². The molecule has 1 aromatic carbocycles. The van der Waals surface area contributed by atoms with Gasteiger partial charge in [-0.2, -0.15) is 0 Å². The maximum Gasteiger partial charge on any atom is 0.191 e. The fraction of sp³-hybridized carbons (Fsp3) is 0.565. The SMILES string of the molecule is CCc1nc(CCNC(=NC)NCC2CCCOC2c2ccc(C)cc2)sc1C. The van der Waals surface area contributed by atoms with E-state index < -0.39 is 0 Å². The summed E-state index contributed by atoms with van der Waals surface area (Å²) in [7, 11) is 1.83. The Hall–Kier alpha value is -1.92. The number of hydrogen-bond acceptors (Lipinski definition) is 4. The third kappa shape index (κ3) is 6.03. The minimum atomic E-state index is 0.153. The number of aryl methyl sites for hydroxylation is 3. The highest BCUT2D eigenvalue weighted by Crippen LogP contribution is 2.33. The molecule has 0 amide bonds. The summed E-state index contributed by atoms with van der Waals surface area (Å²) in [6.07, 6.45) is 4.36. The molecule has 6 heteroatoms. The van der Waals surface area contributed by atoms with Crippen LogP contribution in [-0.4, -0.2) is 37.7 Å². The summed E-state index contributed by atoms with van der Waals surface area (Å²) in [6.45, 7) is 8.97. The molecule has 0 radical (unpaired) electrons. The van der Waals surface area contributed by atoms with Crippen molar-refractivity contribution < 1.29 is 4.74 Å². The second kappa shape index (κ2) is 10.7. The number of aliphatic imine (C=N–C) groups is 1. The first-order valence-electron chi connectivity index (χ1n) is 10.7. The average Bonchev–Trinajstić information content (AvgIpc) is 3.11. The van der Waals surface area contributed by atoms with E-state index in [2.05, 4.69) is 60.7 Å². The third-order valence-corrected chi connectivity index (χ3v) is 6.58. The van der Waals surface area contributed by atoms with E-state index in [9.17, 15) is 0 Å². The zero-order valence-corrected chi connectivity index (χ0v) is 18.9. The van der Waals surface area contributed by atoms with E-state index in [-0.39, 0.29) is 6.10 Å². The smallest absolute Gasteiger partial charge is 0.191 e. The first-order chi connectivity index (χ1) is 14.1. The van der Waals surface area contributed by atoms with Gasteiger partial charge in [-0.05, 0) is 38.7 Å². The van der Waals surface area contributed by atoms with E-state index in [1.807, 2.05) is 7.05 Å². The Morgan fingerprint density at radius 2 is 2.03 bits per heavy atom. The summed E-state index contributed by atoms with van der Waals surface area (Å²) >= 11 is 1.81. The molecule has 0 aliphatic carbocycles. The van der Waals surface area contributed by atoms with Crippen molar-refractivity contribution >= 4 is 17.3 Å². The lowest BCUT2D eigenvalue weighted by Crippen LogP contribution is -2.42. The average molecular weight is 415 g/mol. The highest BCUT2D eigenvalue weighted by Gasteiger charge is 2.27. The van der Waals surface area contributed by atoms with Crippen molar-refractivity contribution in [3.8, 4) is 0 Å². The second-order valence-electron chi connectivity index (χ2n) is 7.70. The van der Waals surface area contributed by atoms with Crippen molar-refractivity contribution in [3.63, 3.8) is 0 Å². The van der Waals surface area contributed by atoms with Gasteiger partial charge in [-0.15, -0.1) is 11.3 Å². The summed E-state index contributed by atoms with van der Waals surface area (Å²) in [5.41, 5.74) is 3.79. The van der Waals surface area contributed by atoms with Crippen LogP contribution in [0.25, 0.3) is 0 Å². The number of aromatic nitrogens is 1. The Kier molecular flexibility index (Phi) is 8.07. The monoisotopic (exact) mass is 414 g/mol. The molecule has 29 heavy (non-hydrogen) atoms. The van der Waals surface area contributed by atoms with Gasteiger partial charge in [-0.3, -0.25) is 4.99 Å². The highest BCUT2D eigenvalue weighted by atomic mass is 32.1. The highest BCUT2D eigenvalue weighted by molar-refractivity contribution is 7.11. The van der Waals surface area contributed by atoms with Crippen LogP contribution in [0.2, 0.25) is 0 Å². The molecule has 2 heterocycles. The van der Waals surface area contributed by atoms with Crippen LogP contribution in [0.15, 0.2) is 29.3 Å². The zero-order chi connectivity index (χ0) is 20.6. The van der Waals surface area contributed by atoms with Gasteiger partial charge in [-0.1, -0.05) is 36.8 Å². The summed E-state index contributed by atoms with van der Waals surface area (Å²) in [5.74, 6) is 1.29. The molecule has 0 spiro atoms. The maximum absolute atomic E-state index is 6.14. The summed E-state index contributed by atoms with van der Waals surface area (Å²) in [4.78, 5) is 10.4. The van der Waals surface area contributed by atoms with Crippen molar-refractivity contribution in [2.75, 3.05) is 26.7 Å². The molecule has 1 aliphatic rings. The third-order valence-electron chi connectivity index (χ3n) is 5.51. The van der Waals surface area contributed by atoms with E-state index >= 15 is 0 Å². The van der Waals surface area contributed by atoms with Gasteiger partial charge in [0.1, 0.15) is 0 Å². The molecule has 2 unspecified atom stereocenters. The molecule has 1 aromatic heterocycles. The molecule has 1 fully saturated rings. The van der Waals surface area contributed by atoms with Crippen LogP contribution >= 0.6 is 11.3 Å². The van der Waals surface area contributed by atoms with Gasteiger partial charge in [0.05, 0.1) is 16.8 Å². The van der Waals surface area contributed by atoms with E-state index in [0.717, 1.165) is 44.9 Å². The lowest BCUT2D eigenvalue weighted by molar-refractivity contribution is -0.0265. The number of ether oxygens (including phenoxy) is 1. The molecule has 1 aliphatic heterocycles. The van der Waals surface area contributed by atoms with Crippen LogP contribution in [-0.2, 0) is 17.6 Å². The molecular weight excluding hydrogens is 380 g/mol. The van der Waals surface area contributed by atoms with E-state index in [1.165, 1.54) is 33.1 Å². The molecular formula is C23H34N4OS. The van der Waals surface area contributed by atoms with Crippen molar-refractivity contribution in [3.05, 3.63) is 51.0 Å². The van der Waals surface area contributed by atoms with Crippen molar-refractivity contribution in [2.24, 2.45) is 10.9 Å². The first-order valence-corrected chi connectivity index (χ1v) is 11.5. The fourth-order valence-electron chi connectivity index (χ4n) is 3.84. The number of rotatable bonds is 7. The molecule has 2 atom stereocenters. The number of benzene rings is 1. The number of guanidine groups is 1. The topological polar surface area (TPSA) is 58.5 Å². The predicted octanol–water partition coefficient (Wildman–Crippen LogP) is 4.20. The molecule has 0 saturated carbocycles. The van der Waals surface area contributed by atoms with Crippen LogP contribution in [0.3, 0.4) is 0 Å². The maximum atomic E-state index is 6.14. The van der Waals surface area contributed by atoms with Gasteiger partial charge in [0, 0.05) is 44.0 Å². The molecule has 158 valence electrons. The second-order valence-corrected chi connectivity index (χ2v) is 8.99. The molecule has 3 rings (SSSR count). The predicted molar refractivity (Wildman–Crippen MR) is 122 cm³/mol. The Bertz CT molecular complexity index is 800. The van der Waals surface area contributed by atoms with Crippen LogP contribution in [0.5, 0.6) is 0 Å². The van der Waals surface area contributed by atoms with Gasteiger partial charge in [-0.25, -0.2) is 4.98 Å². The molecule has 2 aromatic rings. The number of nitrogens with zero attached hydrogens (tertiary/aromatic N) is 2. The van der Waals surface area contributed by atoms with Gasteiger partial charge in [0.2, 0.25) is 0 Å². The van der Waals surface area contributed by atoms with Crippen molar-refractivity contribution in [1.82, 2.24) is 15.6 Å². The minimum Gasteiger partial charge on any atom is -0.373 e. The van der Waals surface area contributed by atoms with E-state index in [0.29, 0.717) is 5.92 Å². The Morgan fingerprint density at radius 3 is 2.72 bits per heavy atom. The molecule has 5 nitrogen and oxygen atoms in total. The Morgan fingerprint density at radius 1 is 1.24 bits per heavy atom. The number of thiazole rings is 1. The number of hydrogen-bond donors (Lipinski definition) is 2. The van der Waals surface area contributed by atoms with Crippen molar-refractivity contribution in [1.29, 1.82) is 0 Å². The van der Waals surface area contributed by atoms with Crippen LogP contribution in [0.1, 0.15) is 52.6 Å². The first kappa shape index (κ1) is 21.8. The van der Waals surface area contributed by atoms with Crippen molar-refractivity contribution in [2.45, 2.75) is 52.6 Å². The lowest BCUT2D eigenvalue weighted by Gasteiger charge is -2.32. The van der Waals surface area contributed by atoms with Crippen LogP contribution in [0, 0.1) is 19.8 Å². The molecule has 1 saturated heterocycles. The fourth-order valence-corrected chi connectivity index (χ4v) is 4.86.